The molecule has 2 heterocycles. The van der Waals surface area contributed by atoms with Crippen LogP contribution in [0.3, 0.4) is 0 Å². The van der Waals surface area contributed by atoms with Crippen LogP contribution < -0.4 is 15.4 Å². The molecule has 0 bridgehead atoms. The van der Waals surface area contributed by atoms with E-state index in [1.165, 1.54) is 23.5 Å². The number of nitrogens with one attached hydrogen (secondary N) is 2. The summed E-state index contributed by atoms with van der Waals surface area (Å²) in [6.45, 7) is 7.38. The summed E-state index contributed by atoms with van der Waals surface area (Å²) in [7, 11) is 0. The van der Waals surface area contributed by atoms with Crippen molar-refractivity contribution in [2.75, 3.05) is 13.1 Å². The van der Waals surface area contributed by atoms with E-state index in [1.807, 2.05) is 27.7 Å². The third kappa shape index (κ3) is 11.6. The van der Waals surface area contributed by atoms with E-state index in [9.17, 15) is 33.6 Å². The lowest BCUT2D eigenvalue weighted by atomic mass is 9.74. The number of rotatable bonds is 18. The Morgan fingerprint density at radius 1 is 0.911 bits per heavy atom. The van der Waals surface area contributed by atoms with E-state index >= 15 is 0 Å². The molecule has 2 aromatic rings. The number of likely N-dealkylation sites (tertiary alicyclic amines) is 1. The third-order valence-electron chi connectivity index (χ3n) is 11.5. The van der Waals surface area contributed by atoms with Gasteiger partial charge in [-0.25, -0.2) is 9.78 Å². The molecule has 3 fully saturated rings. The minimum Gasteiger partial charge on any atom is -0.410 e. The normalized spacial score (nSPS) is 20.3. The largest absolute Gasteiger partial charge is 0.415 e. The van der Waals surface area contributed by atoms with Gasteiger partial charge in [0.15, 0.2) is 11.6 Å². The molecule has 0 radical (unpaired) electrons. The molecule has 0 unspecified atom stereocenters. The number of amides is 3. The Balaban J connectivity index is 1.35. The standard InChI is InChI=1S/C43H57N5O8/c1-5-12-29(39(52)37(51)21-27-17-18-27)22-35(49)31-25-48(42(55)56-30-15-10-7-11-16-30)26-34(31)46-40(53)32(43(2,3)4)23-36(50)38(28-13-8-6-9-14-28)47-41(54)33-24-44-19-20-45-33/h7,10-11,15-16,19-20,24,27-29,31-32,34,38H,5-6,8-9,12-14,17-18,21-23,25-26H2,1-4H3,(H,46,53)(H,47,54)/t29-,31-,32-,34+,38+/m1/s1. The Bertz CT molecular complexity index is 1720. The van der Waals surface area contributed by atoms with E-state index in [0.29, 0.717) is 18.6 Å². The number of carbonyl (C=O) groups excluding carboxylic acids is 7. The smallest absolute Gasteiger partial charge is 0.410 e. The summed E-state index contributed by atoms with van der Waals surface area (Å²) >= 11 is 0. The predicted octanol–water partition coefficient (Wildman–Crippen LogP) is 5.71. The Kier molecular flexibility index (Phi) is 14.6. The van der Waals surface area contributed by atoms with Crippen molar-refractivity contribution in [2.24, 2.45) is 35.0 Å². The quantitative estimate of drug-likeness (QED) is 0.178. The average Bonchev–Trinajstić information content (AvgIpc) is 3.90. The van der Waals surface area contributed by atoms with E-state index in [1.54, 1.807) is 30.3 Å². The van der Waals surface area contributed by atoms with Gasteiger partial charge in [0.05, 0.1) is 24.2 Å². The molecule has 1 aromatic heterocycles. The van der Waals surface area contributed by atoms with Crippen molar-refractivity contribution in [3.05, 3.63) is 54.6 Å². The lowest BCUT2D eigenvalue weighted by Crippen LogP contribution is -2.51. The molecule has 2 N–H and O–H groups in total. The zero-order valence-electron chi connectivity index (χ0n) is 33.2. The number of hydrogen-bond acceptors (Lipinski definition) is 10. The maximum atomic E-state index is 14.4. The van der Waals surface area contributed by atoms with E-state index in [2.05, 4.69) is 20.6 Å². The van der Waals surface area contributed by atoms with Crippen molar-refractivity contribution in [3.63, 3.8) is 0 Å². The number of nitrogens with zero attached hydrogens (tertiary/aromatic N) is 3. The van der Waals surface area contributed by atoms with Crippen molar-refractivity contribution < 1.29 is 38.3 Å². The fraction of sp³-hybridized carbons (Fsp3) is 0.605. The number of benzene rings is 1. The van der Waals surface area contributed by atoms with Gasteiger partial charge in [-0.1, -0.05) is 71.6 Å². The van der Waals surface area contributed by atoms with E-state index in [-0.39, 0.29) is 61.4 Å². The van der Waals surface area contributed by atoms with Gasteiger partial charge in [0, 0.05) is 56.6 Å². The summed E-state index contributed by atoms with van der Waals surface area (Å²) in [5.74, 6) is -4.62. The van der Waals surface area contributed by atoms with Gasteiger partial charge in [0.1, 0.15) is 17.2 Å². The first-order chi connectivity index (χ1) is 26.7. The number of para-hydroxylation sites is 1. The molecule has 1 saturated heterocycles. The molecule has 13 nitrogen and oxygen atoms in total. The van der Waals surface area contributed by atoms with Crippen molar-refractivity contribution in [2.45, 2.75) is 117 Å². The molecule has 2 saturated carbocycles. The SMILES string of the molecule is CCC[C@H](CC(=O)[C@@H]1CN(C(=O)Oc2ccccc2)C[C@@H]1NC(=O)[C@@H](CC(=O)[C@@H](NC(=O)c1cnccn1)C1CCCCC1)C(C)(C)C)C(=O)C(=O)CC1CC1. The van der Waals surface area contributed by atoms with Crippen LogP contribution in [0.1, 0.15) is 115 Å². The molecule has 5 rings (SSSR count). The van der Waals surface area contributed by atoms with Gasteiger partial charge < -0.3 is 20.3 Å². The van der Waals surface area contributed by atoms with E-state index in [0.717, 1.165) is 44.9 Å². The van der Waals surface area contributed by atoms with Gasteiger partial charge in [-0.05, 0) is 61.5 Å². The third-order valence-corrected chi connectivity index (χ3v) is 11.5. The second-order valence-electron chi connectivity index (χ2n) is 16.9. The van der Waals surface area contributed by atoms with Gasteiger partial charge in [-0.15, -0.1) is 0 Å². The summed E-state index contributed by atoms with van der Waals surface area (Å²) in [5.41, 5.74) is -0.621. The summed E-state index contributed by atoms with van der Waals surface area (Å²) in [6, 6.07) is 6.84. The zero-order chi connectivity index (χ0) is 40.4. The van der Waals surface area contributed by atoms with Gasteiger partial charge in [0.25, 0.3) is 5.91 Å². The van der Waals surface area contributed by atoms with Gasteiger partial charge in [-0.3, -0.25) is 33.8 Å². The van der Waals surface area contributed by atoms with Crippen LogP contribution in [-0.4, -0.2) is 81.1 Å². The number of ether oxygens (including phenoxy) is 1. The molecule has 1 aromatic carbocycles. The number of carbonyl (C=O) groups is 7. The maximum absolute atomic E-state index is 14.4. The molecule has 1 aliphatic heterocycles. The van der Waals surface area contributed by atoms with Crippen molar-refractivity contribution >= 4 is 41.0 Å². The maximum Gasteiger partial charge on any atom is 0.415 e. The summed E-state index contributed by atoms with van der Waals surface area (Å²) in [6.07, 6.45) is 10.6. The molecule has 2 aliphatic carbocycles. The molecule has 5 atom stereocenters. The molecular weight excluding hydrogens is 714 g/mol. The number of aromatic nitrogens is 2. The summed E-state index contributed by atoms with van der Waals surface area (Å²) in [5, 5.41) is 5.94. The molecule has 302 valence electrons. The van der Waals surface area contributed by atoms with E-state index < -0.39 is 64.7 Å². The van der Waals surface area contributed by atoms with Crippen LogP contribution in [0.4, 0.5) is 4.79 Å². The minimum atomic E-state index is -0.884. The second-order valence-corrected chi connectivity index (χ2v) is 16.9. The fourth-order valence-corrected chi connectivity index (χ4v) is 8.02. The lowest BCUT2D eigenvalue weighted by Gasteiger charge is -2.34. The van der Waals surface area contributed by atoms with Gasteiger partial charge in [0.2, 0.25) is 11.7 Å². The molecule has 3 aliphatic rings. The first kappa shape index (κ1) is 42.3. The Morgan fingerprint density at radius 3 is 2.25 bits per heavy atom. The monoisotopic (exact) mass is 771 g/mol. The number of Topliss-reactive ketones (excluding diaryl/α,β-unsaturated/α-hetero) is 4. The Labute approximate surface area is 329 Å². The van der Waals surface area contributed by atoms with Crippen LogP contribution >= 0.6 is 0 Å². The van der Waals surface area contributed by atoms with Crippen molar-refractivity contribution in [1.29, 1.82) is 0 Å². The van der Waals surface area contributed by atoms with Crippen LogP contribution in [0.15, 0.2) is 48.9 Å². The Hall–Kier alpha value is -4.81. The predicted molar refractivity (Wildman–Crippen MR) is 207 cm³/mol. The highest BCUT2D eigenvalue weighted by Crippen LogP contribution is 2.35. The van der Waals surface area contributed by atoms with Crippen LogP contribution in [0.25, 0.3) is 0 Å². The van der Waals surface area contributed by atoms with Crippen molar-refractivity contribution in [3.8, 4) is 5.75 Å². The van der Waals surface area contributed by atoms with E-state index in [4.69, 9.17) is 4.74 Å². The molecular formula is C43H57N5O8. The molecule has 56 heavy (non-hydrogen) atoms. The Morgan fingerprint density at radius 2 is 1.62 bits per heavy atom. The molecule has 0 spiro atoms. The average molecular weight is 772 g/mol. The fourth-order valence-electron chi connectivity index (χ4n) is 8.02. The first-order valence-corrected chi connectivity index (χ1v) is 20.3. The van der Waals surface area contributed by atoms with Crippen molar-refractivity contribution in [1.82, 2.24) is 25.5 Å². The lowest BCUT2D eigenvalue weighted by molar-refractivity contribution is -0.140. The van der Waals surface area contributed by atoms with Crippen LogP contribution in [0.5, 0.6) is 5.75 Å². The zero-order valence-corrected chi connectivity index (χ0v) is 33.2. The molecule has 13 heteroatoms. The highest BCUT2D eigenvalue weighted by atomic mass is 16.6. The number of ketones is 4. The number of hydrogen-bond donors (Lipinski definition) is 2. The minimum absolute atomic E-state index is 0.0372. The highest BCUT2D eigenvalue weighted by molar-refractivity contribution is 6.38. The second kappa shape index (κ2) is 19.4. The van der Waals surface area contributed by atoms with Crippen LogP contribution in [-0.2, 0) is 24.0 Å². The van der Waals surface area contributed by atoms with Crippen LogP contribution in [0, 0.1) is 35.0 Å². The summed E-state index contributed by atoms with van der Waals surface area (Å²) in [4.78, 5) is 105. The first-order valence-electron chi connectivity index (χ1n) is 20.3. The summed E-state index contributed by atoms with van der Waals surface area (Å²) < 4.78 is 5.59. The highest BCUT2D eigenvalue weighted by Gasteiger charge is 2.45. The van der Waals surface area contributed by atoms with Gasteiger partial charge >= 0.3 is 6.09 Å². The van der Waals surface area contributed by atoms with Crippen LogP contribution in [0.2, 0.25) is 0 Å². The topological polar surface area (TPSA) is 182 Å². The van der Waals surface area contributed by atoms with Gasteiger partial charge in [-0.2, -0.15) is 0 Å². The molecule has 3 amide bonds.